The molecule has 0 fully saturated rings. The molecule has 0 saturated heterocycles. The Morgan fingerprint density at radius 2 is 1.86 bits per heavy atom. The summed E-state index contributed by atoms with van der Waals surface area (Å²) in [6.07, 6.45) is -3.98. The number of benzene rings is 2. The molecule has 0 saturated carbocycles. The van der Waals surface area contributed by atoms with Gasteiger partial charge in [-0.05, 0) is 24.3 Å². The summed E-state index contributed by atoms with van der Waals surface area (Å²) in [6.45, 7) is -0.651. The number of nitrogens with zero attached hydrogens (tertiary/aromatic N) is 1. The first-order chi connectivity index (χ1) is 13.4. The molecule has 0 aliphatic carbocycles. The van der Waals surface area contributed by atoms with Crippen LogP contribution in [-0.2, 0) is 27.5 Å². The zero-order valence-electron chi connectivity index (χ0n) is 15.5. The molecule has 0 spiro atoms. The largest absolute Gasteiger partial charge is 0.496 e. The fourth-order valence-electron chi connectivity index (χ4n) is 2.51. The van der Waals surface area contributed by atoms with Crippen LogP contribution in [0.3, 0.4) is 0 Å². The predicted octanol–water partition coefficient (Wildman–Crippen LogP) is 3.45. The summed E-state index contributed by atoms with van der Waals surface area (Å²) in [5, 5.41) is 1.96. The molecule has 0 aliphatic heterocycles. The second kappa shape index (κ2) is 8.91. The number of rotatable bonds is 7. The minimum Gasteiger partial charge on any atom is -0.496 e. The Morgan fingerprint density at radius 1 is 1.21 bits per heavy atom. The lowest BCUT2D eigenvalue weighted by atomic mass is 10.2. The van der Waals surface area contributed by atoms with Gasteiger partial charge in [-0.1, -0.05) is 29.8 Å². The van der Waals surface area contributed by atoms with Gasteiger partial charge in [-0.15, -0.1) is 0 Å². The molecule has 0 aromatic heterocycles. The highest BCUT2D eigenvalue weighted by Crippen LogP contribution is 2.37. The van der Waals surface area contributed by atoms with Crippen LogP contribution >= 0.6 is 11.6 Å². The number of methoxy groups -OCH3 is 1. The molecular formula is C18H18ClF3N2O4S. The summed E-state index contributed by atoms with van der Waals surface area (Å²) < 4.78 is 69.2. The van der Waals surface area contributed by atoms with Gasteiger partial charge in [0.05, 0.1) is 29.6 Å². The maximum Gasteiger partial charge on any atom is 0.417 e. The molecule has 2 aromatic rings. The number of anilines is 1. The highest BCUT2D eigenvalue weighted by Gasteiger charge is 2.34. The van der Waals surface area contributed by atoms with Crippen LogP contribution in [0.4, 0.5) is 18.9 Å². The Morgan fingerprint density at radius 3 is 2.45 bits per heavy atom. The van der Waals surface area contributed by atoms with Crippen LogP contribution in [0.25, 0.3) is 0 Å². The van der Waals surface area contributed by atoms with Crippen LogP contribution in [-0.4, -0.2) is 34.2 Å². The van der Waals surface area contributed by atoms with Crippen molar-refractivity contribution in [1.29, 1.82) is 0 Å². The normalized spacial score (nSPS) is 11.8. The zero-order chi connectivity index (χ0) is 21.8. The van der Waals surface area contributed by atoms with E-state index < -0.39 is 39.2 Å². The first-order valence-electron chi connectivity index (χ1n) is 8.16. The standard InChI is InChI=1S/C18H18ClF3N2O4S/c1-28-16-6-4-3-5-12(16)10-23-17(25)11-24(29(2,26)27)13-7-8-15(19)14(9-13)18(20,21)22/h3-9H,10-11H2,1-2H3,(H,23,25). The molecule has 0 aliphatic rings. The van der Waals surface area contributed by atoms with E-state index in [0.717, 1.165) is 18.4 Å². The van der Waals surface area contributed by atoms with Gasteiger partial charge in [0, 0.05) is 12.1 Å². The first kappa shape index (κ1) is 22.8. The van der Waals surface area contributed by atoms with Crippen LogP contribution in [0, 0.1) is 0 Å². The Hall–Kier alpha value is -2.46. The number of carbonyl (C=O) groups excluding carboxylic acids is 1. The van der Waals surface area contributed by atoms with Crippen LogP contribution in [0.15, 0.2) is 42.5 Å². The maximum atomic E-state index is 13.1. The molecule has 2 rings (SSSR count). The summed E-state index contributed by atoms with van der Waals surface area (Å²) in [4.78, 5) is 12.3. The summed E-state index contributed by atoms with van der Waals surface area (Å²) in [6, 6.07) is 9.51. The van der Waals surface area contributed by atoms with Gasteiger partial charge in [0.1, 0.15) is 12.3 Å². The number of amides is 1. The molecule has 0 unspecified atom stereocenters. The molecule has 0 atom stereocenters. The number of sulfonamides is 1. The number of hydrogen-bond acceptors (Lipinski definition) is 4. The van der Waals surface area contributed by atoms with Crippen molar-refractivity contribution >= 4 is 33.2 Å². The number of halogens is 4. The molecule has 11 heteroatoms. The van der Waals surface area contributed by atoms with Crippen LogP contribution in [0.5, 0.6) is 5.75 Å². The van der Waals surface area contributed by atoms with E-state index in [4.69, 9.17) is 16.3 Å². The molecule has 1 N–H and O–H groups in total. The van der Waals surface area contributed by atoms with E-state index in [1.807, 2.05) is 0 Å². The van der Waals surface area contributed by atoms with Crippen molar-refractivity contribution in [2.24, 2.45) is 0 Å². The van der Waals surface area contributed by atoms with Crippen molar-refractivity contribution in [3.05, 3.63) is 58.6 Å². The van der Waals surface area contributed by atoms with E-state index in [2.05, 4.69) is 5.32 Å². The number of alkyl halides is 3. The van der Waals surface area contributed by atoms with Crippen molar-refractivity contribution in [3.63, 3.8) is 0 Å². The molecule has 1 amide bonds. The Balaban J connectivity index is 2.23. The topological polar surface area (TPSA) is 75.7 Å². The molecule has 6 nitrogen and oxygen atoms in total. The minimum absolute atomic E-state index is 0.0505. The lowest BCUT2D eigenvalue weighted by Gasteiger charge is -2.23. The fourth-order valence-corrected chi connectivity index (χ4v) is 3.59. The molecule has 0 heterocycles. The monoisotopic (exact) mass is 450 g/mol. The van der Waals surface area contributed by atoms with Gasteiger partial charge >= 0.3 is 6.18 Å². The van der Waals surface area contributed by atoms with Gasteiger partial charge in [-0.25, -0.2) is 8.42 Å². The summed E-state index contributed by atoms with van der Waals surface area (Å²) in [5.41, 5.74) is -0.864. The second-order valence-electron chi connectivity index (χ2n) is 6.02. The Kier molecular flexibility index (Phi) is 7.02. The third kappa shape index (κ3) is 6.01. The SMILES string of the molecule is COc1ccccc1CNC(=O)CN(c1ccc(Cl)c(C(F)(F)F)c1)S(C)(=O)=O. The highest BCUT2D eigenvalue weighted by atomic mass is 35.5. The van der Waals surface area contributed by atoms with Gasteiger partial charge in [-0.2, -0.15) is 13.2 Å². The molecule has 2 aromatic carbocycles. The summed E-state index contributed by atoms with van der Waals surface area (Å²) in [5.74, 6) is -0.176. The molecule has 158 valence electrons. The van der Waals surface area contributed by atoms with Gasteiger partial charge in [0.2, 0.25) is 15.9 Å². The van der Waals surface area contributed by atoms with Gasteiger partial charge in [0.25, 0.3) is 0 Å². The molecule has 0 bridgehead atoms. The van der Waals surface area contributed by atoms with Crippen molar-refractivity contribution in [3.8, 4) is 5.75 Å². The number of ether oxygens (including phenoxy) is 1. The first-order valence-corrected chi connectivity index (χ1v) is 10.4. The van der Waals surface area contributed by atoms with E-state index in [1.165, 1.54) is 7.11 Å². The number of nitrogens with one attached hydrogen (secondary N) is 1. The van der Waals surface area contributed by atoms with Gasteiger partial charge in [-0.3, -0.25) is 9.10 Å². The summed E-state index contributed by atoms with van der Waals surface area (Å²) in [7, 11) is -2.58. The minimum atomic E-state index is -4.78. The third-order valence-corrected chi connectivity index (χ3v) is 5.37. The number of hydrogen-bond donors (Lipinski definition) is 1. The molecule has 29 heavy (non-hydrogen) atoms. The van der Waals surface area contributed by atoms with E-state index in [-0.39, 0.29) is 12.2 Å². The van der Waals surface area contributed by atoms with Crippen LogP contribution in [0.2, 0.25) is 5.02 Å². The Bertz CT molecular complexity index is 997. The van der Waals surface area contributed by atoms with Crippen LogP contribution < -0.4 is 14.4 Å². The van der Waals surface area contributed by atoms with Gasteiger partial charge < -0.3 is 10.1 Å². The quantitative estimate of drug-likeness (QED) is 0.701. The molecular weight excluding hydrogens is 433 g/mol. The second-order valence-corrected chi connectivity index (χ2v) is 8.33. The van der Waals surface area contributed by atoms with Crippen molar-refractivity contribution in [2.75, 3.05) is 24.2 Å². The molecule has 0 radical (unpaired) electrons. The fraction of sp³-hybridized carbons (Fsp3) is 0.278. The third-order valence-electron chi connectivity index (χ3n) is 3.90. The lowest BCUT2D eigenvalue weighted by molar-refractivity contribution is -0.137. The smallest absolute Gasteiger partial charge is 0.417 e. The zero-order valence-corrected chi connectivity index (χ0v) is 17.0. The van der Waals surface area contributed by atoms with Crippen molar-refractivity contribution < 1.29 is 31.1 Å². The van der Waals surface area contributed by atoms with E-state index in [1.54, 1.807) is 24.3 Å². The highest BCUT2D eigenvalue weighted by molar-refractivity contribution is 7.92. The predicted molar refractivity (Wildman–Crippen MR) is 103 cm³/mol. The van der Waals surface area contributed by atoms with E-state index in [0.29, 0.717) is 21.7 Å². The number of carbonyl (C=O) groups is 1. The Labute approximate surface area is 171 Å². The van der Waals surface area contributed by atoms with Gasteiger partial charge in [0.15, 0.2) is 0 Å². The van der Waals surface area contributed by atoms with Crippen LogP contribution in [0.1, 0.15) is 11.1 Å². The maximum absolute atomic E-state index is 13.1. The summed E-state index contributed by atoms with van der Waals surface area (Å²) >= 11 is 5.57. The van der Waals surface area contributed by atoms with E-state index >= 15 is 0 Å². The number of para-hydroxylation sites is 1. The van der Waals surface area contributed by atoms with Crippen molar-refractivity contribution in [1.82, 2.24) is 5.32 Å². The lowest BCUT2D eigenvalue weighted by Crippen LogP contribution is -2.40. The van der Waals surface area contributed by atoms with Crippen molar-refractivity contribution in [2.45, 2.75) is 12.7 Å². The van der Waals surface area contributed by atoms with E-state index in [9.17, 15) is 26.4 Å². The average Bonchev–Trinajstić information content (AvgIpc) is 2.63. The average molecular weight is 451 g/mol.